The van der Waals surface area contributed by atoms with Gasteiger partial charge in [0.2, 0.25) is 5.78 Å². The molecule has 6 nitrogen and oxygen atoms in total. The average molecular weight is 396 g/mol. The molecule has 0 bridgehead atoms. The monoisotopic (exact) mass is 395 g/mol. The van der Waals surface area contributed by atoms with E-state index in [1.54, 1.807) is 42.5 Å². The molecule has 0 saturated carbocycles. The highest BCUT2D eigenvalue weighted by Gasteiger charge is 2.26. The van der Waals surface area contributed by atoms with E-state index in [1.165, 1.54) is 19.4 Å². The van der Waals surface area contributed by atoms with E-state index in [0.29, 0.717) is 28.0 Å². The molecule has 2 aromatic carbocycles. The maximum Gasteiger partial charge on any atom is 0.256 e. The van der Waals surface area contributed by atoms with E-state index in [0.717, 1.165) is 0 Å². The van der Waals surface area contributed by atoms with Crippen LogP contribution in [0.25, 0.3) is 11.6 Å². The van der Waals surface area contributed by atoms with Crippen LogP contribution in [-0.4, -0.2) is 23.9 Å². The topological polar surface area (TPSA) is 88.8 Å². The molecule has 1 aromatic heterocycles. The Balaban J connectivity index is 1.78. The van der Waals surface area contributed by atoms with Crippen molar-refractivity contribution in [3.8, 4) is 11.5 Å². The smallest absolute Gasteiger partial charge is 0.256 e. The van der Waals surface area contributed by atoms with Crippen molar-refractivity contribution in [3.05, 3.63) is 76.2 Å². The predicted octanol–water partition coefficient (Wildman–Crippen LogP) is 4.37. The molecular weight excluding hydrogens is 382 g/mol. The van der Waals surface area contributed by atoms with Crippen LogP contribution in [0.15, 0.2) is 53.1 Å². The van der Waals surface area contributed by atoms with E-state index < -0.39 is 0 Å². The van der Waals surface area contributed by atoms with Gasteiger partial charge < -0.3 is 19.6 Å². The Labute approximate surface area is 165 Å². The van der Waals surface area contributed by atoms with Crippen LogP contribution in [0.4, 0.5) is 5.69 Å². The summed E-state index contributed by atoms with van der Waals surface area (Å²) in [6.45, 7) is 0. The number of phenolic OH excluding ortho intramolecular Hbond substituents is 1. The minimum absolute atomic E-state index is 0.103. The summed E-state index contributed by atoms with van der Waals surface area (Å²) < 4.78 is 10.3. The van der Waals surface area contributed by atoms with Gasteiger partial charge in [-0.15, -0.1) is 0 Å². The number of benzene rings is 2. The van der Waals surface area contributed by atoms with Crippen LogP contribution in [0.2, 0.25) is 5.02 Å². The van der Waals surface area contributed by atoms with Gasteiger partial charge in [0, 0.05) is 22.4 Å². The standard InChI is InChI=1S/C21H14ClNO5/c1-27-18-9-11(8-15(22)20(18)25)7-14-13-10-12(4-5-16(13)23-21(14)26)19(24)17-3-2-6-28-17/h2-10,25H,1H3,(H,23,26)/b14-7-. The van der Waals surface area contributed by atoms with E-state index in [-0.39, 0.29) is 34.0 Å². The molecular formula is C21H14ClNO5. The zero-order chi connectivity index (χ0) is 19.8. The summed E-state index contributed by atoms with van der Waals surface area (Å²) in [6.07, 6.45) is 3.05. The van der Waals surface area contributed by atoms with Crippen LogP contribution in [0.5, 0.6) is 11.5 Å². The zero-order valence-corrected chi connectivity index (χ0v) is 15.4. The summed E-state index contributed by atoms with van der Waals surface area (Å²) >= 11 is 6.03. The lowest BCUT2D eigenvalue weighted by Gasteiger charge is -2.07. The molecule has 0 aliphatic carbocycles. The Morgan fingerprint density at radius 2 is 2.07 bits per heavy atom. The Morgan fingerprint density at radius 1 is 1.25 bits per heavy atom. The zero-order valence-electron chi connectivity index (χ0n) is 14.7. The Bertz CT molecular complexity index is 1130. The van der Waals surface area contributed by atoms with E-state index in [9.17, 15) is 14.7 Å². The van der Waals surface area contributed by atoms with Crippen molar-refractivity contribution in [3.63, 3.8) is 0 Å². The van der Waals surface area contributed by atoms with Gasteiger partial charge >= 0.3 is 0 Å². The molecule has 0 saturated heterocycles. The number of furan rings is 1. The number of phenols is 1. The van der Waals surface area contributed by atoms with Gasteiger partial charge in [0.15, 0.2) is 17.3 Å². The second-order valence-electron chi connectivity index (χ2n) is 6.13. The number of carbonyl (C=O) groups is 2. The summed E-state index contributed by atoms with van der Waals surface area (Å²) in [5.74, 6) is -0.340. The maximum absolute atomic E-state index is 12.5. The normalized spacial score (nSPS) is 14.1. The maximum atomic E-state index is 12.5. The van der Waals surface area contributed by atoms with Crippen molar-refractivity contribution in [1.29, 1.82) is 0 Å². The first-order valence-electron chi connectivity index (χ1n) is 8.30. The number of hydrogen-bond donors (Lipinski definition) is 2. The Kier molecular flexibility index (Phi) is 4.41. The van der Waals surface area contributed by atoms with Crippen LogP contribution in [0.3, 0.4) is 0 Å². The molecule has 2 N–H and O–H groups in total. The van der Waals surface area contributed by atoms with Gasteiger partial charge in [-0.3, -0.25) is 9.59 Å². The first-order valence-corrected chi connectivity index (χ1v) is 8.68. The molecule has 28 heavy (non-hydrogen) atoms. The molecule has 0 unspecified atom stereocenters. The number of ketones is 1. The second kappa shape index (κ2) is 6.90. The number of nitrogens with one attached hydrogen (secondary N) is 1. The van der Waals surface area contributed by atoms with Crippen LogP contribution >= 0.6 is 11.6 Å². The third kappa shape index (κ3) is 3.04. The number of rotatable bonds is 4. The van der Waals surface area contributed by atoms with Crippen LogP contribution in [0.1, 0.15) is 27.2 Å². The van der Waals surface area contributed by atoms with Crippen molar-refractivity contribution in [2.45, 2.75) is 0 Å². The molecule has 0 radical (unpaired) electrons. The highest BCUT2D eigenvalue weighted by molar-refractivity contribution is 6.35. The highest BCUT2D eigenvalue weighted by atomic mass is 35.5. The van der Waals surface area contributed by atoms with Gasteiger partial charge in [-0.25, -0.2) is 0 Å². The molecule has 140 valence electrons. The summed E-state index contributed by atoms with van der Waals surface area (Å²) in [5, 5.41) is 12.7. The molecule has 2 heterocycles. The average Bonchev–Trinajstić information content (AvgIpc) is 3.32. The van der Waals surface area contributed by atoms with Crippen molar-refractivity contribution < 1.29 is 23.8 Å². The summed E-state index contributed by atoms with van der Waals surface area (Å²) in [5.41, 5.74) is 2.53. The van der Waals surface area contributed by atoms with Gasteiger partial charge in [-0.1, -0.05) is 11.6 Å². The predicted molar refractivity (Wildman–Crippen MR) is 105 cm³/mol. The number of halogens is 1. The minimum Gasteiger partial charge on any atom is -0.503 e. The molecule has 0 spiro atoms. The van der Waals surface area contributed by atoms with E-state index in [4.69, 9.17) is 20.8 Å². The number of carbonyl (C=O) groups excluding carboxylic acids is 2. The minimum atomic E-state index is -0.305. The van der Waals surface area contributed by atoms with Gasteiger partial charge in [-0.05, 0) is 54.1 Å². The number of aromatic hydroxyl groups is 1. The molecule has 4 rings (SSSR count). The fraction of sp³-hybridized carbons (Fsp3) is 0.0476. The van der Waals surface area contributed by atoms with E-state index in [1.807, 2.05) is 0 Å². The number of fused-ring (bicyclic) bond motifs is 1. The lowest BCUT2D eigenvalue weighted by atomic mass is 9.99. The van der Waals surface area contributed by atoms with Gasteiger partial charge in [0.25, 0.3) is 5.91 Å². The fourth-order valence-electron chi connectivity index (χ4n) is 3.02. The molecule has 1 aliphatic heterocycles. The van der Waals surface area contributed by atoms with E-state index in [2.05, 4.69) is 5.32 Å². The largest absolute Gasteiger partial charge is 0.503 e. The lowest BCUT2D eigenvalue weighted by molar-refractivity contribution is -0.110. The quantitative estimate of drug-likeness (QED) is 0.505. The van der Waals surface area contributed by atoms with Crippen molar-refractivity contribution in [2.75, 3.05) is 12.4 Å². The Morgan fingerprint density at radius 3 is 2.79 bits per heavy atom. The van der Waals surface area contributed by atoms with Crippen molar-refractivity contribution in [1.82, 2.24) is 0 Å². The molecule has 3 aromatic rings. The molecule has 1 amide bonds. The Hall–Kier alpha value is -3.51. The summed E-state index contributed by atoms with van der Waals surface area (Å²) in [6, 6.07) is 11.3. The lowest BCUT2D eigenvalue weighted by Crippen LogP contribution is -2.03. The van der Waals surface area contributed by atoms with Crippen LogP contribution in [-0.2, 0) is 4.79 Å². The van der Waals surface area contributed by atoms with Gasteiger partial charge in [0.05, 0.1) is 18.4 Å². The first-order chi connectivity index (χ1) is 13.5. The van der Waals surface area contributed by atoms with Gasteiger partial charge in [-0.2, -0.15) is 0 Å². The molecule has 7 heteroatoms. The third-order valence-electron chi connectivity index (χ3n) is 4.39. The number of ether oxygens (including phenoxy) is 1. The number of methoxy groups -OCH3 is 1. The molecule has 0 atom stereocenters. The third-order valence-corrected chi connectivity index (χ3v) is 4.68. The first kappa shape index (κ1) is 17.9. The second-order valence-corrected chi connectivity index (χ2v) is 6.54. The molecule has 0 fully saturated rings. The summed E-state index contributed by atoms with van der Waals surface area (Å²) in [7, 11) is 1.41. The van der Waals surface area contributed by atoms with Crippen LogP contribution < -0.4 is 10.1 Å². The number of amides is 1. The fourth-order valence-corrected chi connectivity index (χ4v) is 3.24. The number of anilines is 1. The SMILES string of the molecule is COc1cc(/C=C2\C(=O)Nc3ccc(C(=O)c4ccco4)cc32)cc(Cl)c1O. The van der Waals surface area contributed by atoms with Gasteiger partial charge in [0.1, 0.15) is 0 Å². The van der Waals surface area contributed by atoms with Crippen LogP contribution in [0, 0.1) is 0 Å². The highest BCUT2D eigenvalue weighted by Crippen LogP contribution is 2.38. The molecule has 1 aliphatic rings. The summed E-state index contributed by atoms with van der Waals surface area (Å²) in [4.78, 5) is 25.0. The number of hydrogen-bond acceptors (Lipinski definition) is 5. The van der Waals surface area contributed by atoms with Crippen molar-refractivity contribution >= 4 is 40.6 Å². The van der Waals surface area contributed by atoms with Crippen molar-refractivity contribution in [2.24, 2.45) is 0 Å². The van der Waals surface area contributed by atoms with E-state index >= 15 is 0 Å².